The zero-order valence-corrected chi connectivity index (χ0v) is 33.0. The van der Waals surface area contributed by atoms with Crippen LogP contribution in [0, 0.1) is 11.8 Å². The maximum Gasteiger partial charge on any atom is 0.262 e. The standard InChI is InChI=1S/C50H50N2O4/c1-5-9-17-31(7-3)29-51-47(53)41-27-40(38-26-16-22-34-20-12-14-24-36(34)38)46-44-42(48(54)52(50(46)56)30-32(8-4)18-10-6-2)28-39(45(43(41)44)49(51)55)37-25-15-21-33-19-11-13-23-35(33)37/h11-16,19-28,31-32H,5-10,17-18,29-30H2,1-4H3. The molecule has 8 rings (SSSR count). The van der Waals surface area contributed by atoms with Crippen molar-refractivity contribution < 1.29 is 19.2 Å². The summed E-state index contributed by atoms with van der Waals surface area (Å²) in [5.41, 5.74) is 4.33. The van der Waals surface area contributed by atoms with Crippen molar-refractivity contribution in [3.8, 4) is 22.3 Å². The van der Waals surface area contributed by atoms with E-state index >= 15 is 19.2 Å². The van der Waals surface area contributed by atoms with Crippen LogP contribution in [0.15, 0.2) is 97.1 Å². The van der Waals surface area contributed by atoms with E-state index in [1.54, 1.807) is 0 Å². The molecule has 0 aromatic heterocycles. The first-order valence-corrected chi connectivity index (χ1v) is 20.7. The van der Waals surface area contributed by atoms with E-state index in [0.717, 1.165) is 84.0 Å². The number of hydrogen-bond donors (Lipinski definition) is 0. The SMILES string of the molecule is CCCCC(CC)CN1C(=O)c2cc(-c3cccc4ccccc34)c3c4c(cc(-c5cccc6ccccc56)c(c24)C1=O)C(=O)N(CC(CC)CCCC)C3=O. The number of fused-ring (bicyclic) bond motifs is 2. The smallest absolute Gasteiger partial charge is 0.262 e. The van der Waals surface area contributed by atoms with Crippen molar-refractivity contribution >= 4 is 55.9 Å². The molecule has 0 saturated heterocycles. The molecule has 0 radical (unpaired) electrons. The quantitative estimate of drug-likeness (QED) is 0.104. The van der Waals surface area contributed by atoms with Crippen molar-refractivity contribution in [1.29, 1.82) is 0 Å². The predicted octanol–water partition coefficient (Wildman–Crippen LogP) is 12.1. The van der Waals surface area contributed by atoms with Crippen molar-refractivity contribution in [2.45, 2.75) is 79.1 Å². The molecule has 6 aromatic carbocycles. The molecule has 6 aromatic rings. The summed E-state index contributed by atoms with van der Waals surface area (Å²) in [7, 11) is 0. The number of hydrogen-bond acceptors (Lipinski definition) is 4. The van der Waals surface area contributed by atoms with Gasteiger partial charge in [0.25, 0.3) is 23.6 Å². The van der Waals surface area contributed by atoms with Crippen LogP contribution in [-0.4, -0.2) is 46.5 Å². The lowest BCUT2D eigenvalue weighted by Gasteiger charge is -2.36. The average molecular weight is 743 g/mol. The number of benzene rings is 6. The molecule has 6 nitrogen and oxygen atoms in total. The summed E-state index contributed by atoms with van der Waals surface area (Å²) < 4.78 is 0. The van der Waals surface area contributed by atoms with Gasteiger partial charge in [-0.1, -0.05) is 151 Å². The maximum absolute atomic E-state index is 15.2. The predicted molar refractivity (Wildman–Crippen MR) is 227 cm³/mol. The van der Waals surface area contributed by atoms with Crippen molar-refractivity contribution in [1.82, 2.24) is 9.80 Å². The van der Waals surface area contributed by atoms with E-state index in [-0.39, 0.29) is 35.5 Å². The molecule has 0 spiro atoms. The molecule has 2 heterocycles. The van der Waals surface area contributed by atoms with Gasteiger partial charge in [-0.15, -0.1) is 0 Å². The fourth-order valence-corrected chi connectivity index (χ4v) is 9.19. The van der Waals surface area contributed by atoms with Crippen LogP contribution < -0.4 is 0 Å². The molecule has 284 valence electrons. The van der Waals surface area contributed by atoms with Gasteiger partial charge < -0.3 is 0 Å². The van der Waals surface area contributed by atoms with E-state index < -0.39 is 0 Å². The minimum absolute atomic E-state index is 0.145. The number of amides is 4. The van der Waals surface area contributed by atoms with Crippen LogP contribution in [0.5, 0.6) is 0 Å². The molecule has 2 aliphatic heterocycles. The summed E-state index contributed by atoms with van der Waals surface area (Å²) in [4.78, 5) is 63.2. The normalized spacial score (nSPS) is 15.1. The molecular formula is C50H50N2O4. The Balaban J connectivity index is 1.48. The van der Waals surface area contributed by atoms with E-state index in [1.807, 2.05) is 97.1 Å². The summed E-state index contributed by atoms with van der Waals surface area (Å²) in [5.74, 6) is -1.20. The Morgan fingerprint density at radius 2 is 0.839 bits per heavy atom. The van der Waals surface area contributed by atoms with Gasteiger partial charge in [-0.25, -0.2) is 0 Å². The van der Waals surface area contributed by atoms with Gasteiger partial charge in [0.1, 0.15) is 0 Å². The van der Waals surface area contributed by atoms with Crippen LogP contribution in [0.3, 0.4) is 0 Å². The molecule has 2 unspecified atom stereocenters. The Labute approximate surface area is 329 Å². The summed E-state index contributed by atoms with van der Waals surface area (Å²) >= 11 is 0. The number of unbranched alkanes of at least 4 members (excludes halogenated alkanes) is 2. The topological polar surface area (TPSA) is 74.8 Å². The van der Waals surface area contributed by atoms with Crippen molar-refractivity contribution in [3.05, 3.63) is 119 Å². The second-order valence-electron chi connectivity index (χ2n) is 15.8. The lowest BCUT2D eigenvalue weighted by atomic mass is 9.78. The van der Waals surface area contributed by atoms with E-state index in [0.29, 0.717) is 57.2 Å². The Morgan fingerprint density at radius 3 is 1.23 bits per heavy atom. The number of carbonyl (C=O) groups excluding carboxylic acids is 4. The highest BCUT2D eigenvalue weighted by Crippen LogP contribution is 2.48. The zero-order chi connectivity index (χ0) is 39.1. The van der Waals surface area contributed by atoms with Gasteiger partial charge >= 0.3 is 0 Å². The number of imide groups is 2. The fourth-order valence-electron chi connectivity index (χ4n) is 9.19. The van der Waals surface area contributed by atoms with Gasteiger partial charge in [-0.05, 0) is 80.6 Å². The highest BCUT2D eigenvalue weighted by Gasteiger charge is 2.44. The first-order valence-electron chi connectivity index (χ1n) is 20.7. The first-order chi connectivity index (χ1) is 27.3. The summed E-state index contributed by atoms with van der Waals surface area (Å²) in [6.45, 7) is 9.16. The van der Waals surface area contributed by atoms with Crippen LogP contribution in [0.2, 0.25) is 0 Å². The minimum atomic E-state index is -0.376. The summed E-state index contributed by atoms with van der Waals surface area (Å²) in [5, 5.41) is 4.72. The summed E-state index contributed by atoms with van der Waals surface area (Å²) in [6.07, 6.45) is 7.59. The van der Waals surface area contributed by atoms with Crippen molar-refractivity contribution in [3.63, 3.8) is 0 Å². The second kappa shape index (κ2) is 15.5. The van der Waals surface area contributed by atoms with E-state index in [1.165, 1.54) is 9.80 Å². The Morgan fingerprint density at radius 1 is 0.446 bits per heavy atom. The van der Waals surface area contributed by atoms with Crippen LogP contribution in [0.4, 0.5) is 0 Å². The van der Waals surface area contributed by atoms with Crippen molar-refractivity contribution in [2.24, 2.45) is 11.8 Å². The van der Waals surface area contributed by atoms with Gasteiger partial charge in [0.2, 0.25) is 0 Å². The molecule has 0 saturated carbocycles. The fraction of sp³-hybridized carbons (Fsp3) is 0.320. The number of nitrogens with zero attached hydrogens (tertiary/aromatic N) is 2. The van der Waals surface area contributed by atoms with Crippen LogP contribution >= 0.6 is 0 Å². The number of carbonyl (C=O) groups is 4. The molecule has 4 amide bonds. The monoisotopic (exact) mass is 742 g/mol. The van der Waals surface area contributed by atoms with Gasteiger partial charge in [0.05, 0.1) is 11.1 Å². The molecule has 0 aliphatic carbocycles. The van der Waals surface area contributed by atoms with Crippen LogP contribution in [-0.2, 0) is 0 Å². The molecule has 56 heavy (non-hydrogen) atoms. The molecule has 0 fully saturated rings. The molecule has 2 atom stereocenters. The highest BCUT2D eigenvalue weighted by atomic mass is 16.2. The highest BCUT2D eigenvalue weighted by molar-refractivity contribution is 6.37. The van der Waals surface area contributed by atoms with Gasteiger partial charge in [0, 0.05) is 35.0 Å². The Bertz CT molecular complexity index is 2360. The van der Waals surface area contributed by atoms with Crippen LogP contribution in [0.25, 0.3) is 54.6 Å². The first kappa shape index (κ1) is 37.3. The molecule has 2 aliphatic rings. The third-order valence-corrected chi connectivity index (χ3v) is 12.4. The van der Waals surface area contributed by atoms with E-state index in [2.05, 4.69) is 27.7 Å². The molecule has 0 N–H and O–H groups in total. The zero-order valence-electron chi connectivity index (χ0n) is 33.0. The Kier molecular flexibility index (Phi) is 10.3. The third kappa shape index (κ3) is 6.20. The van der Waals surface area contributed by atoms with Gasteiger partial charge in [0.15, 0.2) is 0 Å². The molecule has 0 bridgehead atoms. The van der Waals surface area contributed by atoms with E-state index in [9.17, 15) is 0 Å². The van der Waals surface area contributed by atoms with Crippen molar-refractivity contribution in [2.75, 3.05) is 13.1 Å². The van der Waals surface area contributed by atoms with Crippen LogP contribution in [0.1, 0.15) is 120 Å². The third-order valence-electron chi connectivity index (χ3n) is 12.4. The van der Waals surface area contributed by atoms with Gasteiger partial charge in [-0.2, -0.15) is 0 Å². The Hall–Kier alpha value is -5.62. The number of rotatable bonds is 14. The molecular weight excluding hydrogens is 693 g/mol. The van der Waals surface area contributed by atoms with Gasteiger partial charge in [-0.3, -0.25) is 29.0 Å². The lowest BCUT2D eigenvalue weighted by molar-refractivity contribution is 0.0559. The largest absolute Gasteiger partial charge is 0.274 e. The summed E-state index contributed by atoms with van der Waals surface area (Å²) in [6, 6.07) is 31.8. The lowest BCUT2D eigenvalue weighted by Crippen LogP contribution is -2.46. The molecule has 6 heteroatoms. The minimum Gasteiger partial charge on any atom is -0.274 e. The second-order valence-corrected chi connectivity index (χ2v) is 15.8. The van der Waals surface area contributed by atoms with E-state index in [4.69, 9.17) is 0 Å². The average Bonchev–Trinajstić information content (AvgIpc) is 3.23. The maximum atomic E-state index is 15.2.